The molecular formula is C15H13FN4O. The number of hydrogen-bond acceptors (Lipinski definition) is 4. The van der Waals surface area contributed by atoms with Crippen molar-refractivity contribution in [1.82, 2.24) is 19.9 Å². The van der Waals surface area contributed by atoms with Gasteiger partial charge in [-0.2, -0.15) is 0 Å². The molecule has 0 spiro atoms. The third kappa shape index (κ3) is 2.89. The van der Waals surface area contributed by atoms with Gasteiger partial charge in [-0.05, 0) is 19.1 Å². The number of halogens is 1. The smallest absolute Gasteiger partial charge is 0.132 e. The number of aromatic nitrogens is 4. The Morgan fingerprint density at radius 1 is 1.24 bits per heavy atom. The van der Waals surface area contributed by atoms with Gasteiger partial charge in [0.25, 0.3) is 0 Å². The Kier molecular flexibility index (Phi) is 3.59. The van der Waals surface area contributed by atoms with Crippen molar-refractivity contribution in [2.24, 2.45) is 0 Å². The number of rotatable bonds is 4. The van der Waals surface area contributed by atoms with Gasteiger partial charge in [0.15, 0.2) is 0 Å². The average Bonchev–Trinajstić information content (AvgIpc) is 3.00. The maximum Gasteiger partial charge on any atom is 0.132 e. The molecule has 0 saturated heterocycles. The number of H-pyrrole nitrogens is 1. The van der Waals surface area contributed by atoms with Crippen LogP contribution in [0.5, 0.6) is 5.75 Å². The standard InChI is InChI=1S/C15H13FN4O/c1-10-14(6-18-8-19-10)13-3-2-11(16)4-15(13)21-7-12-5-17-9-20-12/h2-6,8-9H,7H2,1H3,(H,17,20). The van der Waals surface area contributed by atoms with E-state index in [2.05, 4.69) is 19.9 Å². The molecule has 2 heterocycles. The van der Waals surface area contributed by atoms with Gasteiger partial charge in [0.05, 0.1) is 12.0 Å². The summed E-state index contributed by atoms with van der Waals surface area (Å²) >= 11 is 0. The van der Waals surface area contributed by atoms with Crippen molar-refractivity contribution in [2.45, 2.75) is 13.5 Å². The van der Waals surface area contributed by atoms with Gasteiger partial charge in [-0.1, -0.05) is 0 Å². The van der Waals surface area contributed by atoms with Gasteiger partial charge in [-0.25, -0.2) is 19.3 Å². The van der Waals surface area contributed by atoms with Crippen LogP contribution in [0.15, 0.2) is 43.2 Å². The lowest BCUT2D eigenvalue weighted by molar-refractivity contribution is 0.301. The first-order chi connectivity index (χ1) is 10.2. The quantitative estimate of drug-likeness (QED) is 0.800. The van der Waals surface area contributed by atoms with Crippen molar-refractivity contribution < 1.29 is 9.13 Å². The fraction of sp³-hybridized carbons (Fsp3) is 0.133. The van der Waals surface area contributed by atoms with Crippen molar-refractivity contribution in [2.75, 3.05) is 0 Å². The first-order valence-corrected chi connectivity index (χ1v) is 6.41. The van der Waals surface area contributed by atoms with Crippen LogP contribution in [0, 0.1) is 12.7 Å². The lowest BCUT2D eigenvalue weighted by atomic mass is 10.1. The molecule has 5 nitrogen and oxygen atoms in total. The van der Waals surface area contributed by atoms with Crippen LogP contribution in [0.2, 0.25) is 0 Å². The van der Waals surface area contributed by atoms with Gasteiger partial charge >= 0.3 is 0 Å². The van der Waals surface area contributed by atoms with Gasteiger partial charge in [-0.15, -0.1) is 0 Å². The molecule has 3 aromatic rings. The molecule has 0 aliphatic rings. The minimum absolute atomic E-state index is 0.257. The summed E-state index contributed by atoms with van der Waals surface area (Å²) in [7, 11) is 0. The molecule has 106 valence electrons. The Labute approximate surface area is 120 Å². The van der Waals surface area contributed by atoms with E-state index in [4.69, 9.17) is 4.74 Å². The van der Waals surface area contributed by atoms with E-state index in [1.54, 1.807) is 24.8 Å². The van der Waals surface area contributed by atoms with Crippen LogP contribution in [0.1, 0.15) is 11.4 Å². The minimum atomic E-state index is -0.356. The third-order valence-corrected chi connectivity index (χ3v) is 3.08. The number of imidazole rings is 1. The third-order valence-electron chi connectivity index (χ3n) is 3.08. The van der Waals surface area contributed by atoms with Crippen molar-refractivity contribution in [1.29, 1.82) is 0 Å². The van der Waals surface area contributed by atoms with Crippen LogP contribution >= 0.6 is 0 Å². The molecule has 0 saturated carbocycles. The summed E-state index contributed by atoms with van der Waals surface area (Å²) in [4.78, 5) is 15.1. The molecule has 21 heavy (non-hydrogen) atoms. The molecule has 0 atom stereocenters. The molecule has 0 bridgehead atoms. The zero-order chi connectivity index (χ0) is 14.7. The van der Waals surface area contributed by atoms with Gasteiger partial charge in [0.2, 0.25) is 0 Å². The summed E-state index contributed by atoms with van der Waals surface area (Å²) in [5.41, 5.74) is 3.12. The largest absolute Gasteiger partial charge is 0.486 e. The summed E-state index contributed by atoms with van der Waals surface area (Å²) in [5.74, 6) is 0.0844. The molecule has 0 aliphatic heterocycles. The molecule has 1 aromatic carbocycles. The molecule has 0 radical (unpaired) electrons. The molecule has 0 unspecified atom stereocenters. The molecule has 6 heteroatoms. The topological polar surface area (TPSA) is 63.7 Å². The second kappa shape index (κ2) is 5.70. The summed E-state index contributed by atoms with van der Waals surface area (Å²) in [6.07, 6.45) is 6.47. The van der Waals surface area contributed by atoms with E-state index in [9.17, 15) is 4.39 Å². The number of aromatic amines is 1. The van der Waals surface area contributed by atoms with E-state index >= 15 is 0 Å². The molecule has 1 N–H and O–H groups in total. The maximum atomic E-state index is 13.5. The van der Waals surface area contributed by atoms with E-state index in [-0.39, 0.29) is 12.4 Å². The molecule has 0 aliphatic carbocycles. The Balaban J connectivity index is 1.95. The minimum Gasteiger partial charge on any atom is -0.486 e. The monoisotopic (exact) mass is 284 g/mol. The normalized spacial score (nSPS) is 10.6. The van der Waals surface area contributed by atoms with Crippen molar-refractivity contribution >= 4 is 0 Å². The lowest BCUT2D eigenvalue weighted by Gasteiger charge is -2.12. The van der Waals surface area contributed by atoms with E-state index < -0.39 is 0 Å². The highest BCUT2D eigenvalue weighted by Crippen LogP contribution is 2.32. The number of benzene rings is 1. The number of nitrogens with one attached hydrogen (secondary N) is 1. The van der Waals surface area contributed by atoms with Crippen LogP contribution in [0.25, 0.3) is 11.1 Å². The highest BCUT2D eigenvalue weighted by atomic mass is 19.1. The lowest BCUT2D eigenvalue weighted by Crippen LogP contribution is -1.99. The first kappa shape index (κ1) is 13.2. The second-order valence-electron chi connectivity index (χ2n) is 4.51. The summed E-state index contributed by atoms with van der Waals surface area (Å²) in [5, 5.41) is 0. The zero-order valence-electron chi connectivity index (χ0n) is 11.4. The van der Waals surface area contributed by atoms with E-state index in [0.29, 0.717) is 5.75 Å². The number of nitrogens with zero attached hydrogens (tertiary/aromatic N) is 3. The molecular weight excluding hydrogens is 271 g/mol. The van der Waals surface area contributed by atoms with Crippen LogP contribution in [0.4, 0.5) is 4.39 Å². The van der Waals surface area contributed by atoms with Gasteiger partial charge < -0.3 is 9.72 Å². The van der Waals surface area contributed by atoms with Crippen LogP contribution in [0.3, 0.4) is 0 Å². The SMILES string of the molecule is Cc1ncncc1-c1ccc(F)cc1OCc1c[nH]cn1. The van der Waals surface area contributed by atoms with Gasteiger partial charge in [0.1, 0.15) is 24.5 Å². The summed E-state index contributed by atoms with van der Waals surface area (Å²) in [6, 6.07) is 4.42. The highest BCUT2D eigenvalue weighted by molar-refractivity contribution is 5.71. The summed E-state index contributed by atoms with van der Waals surface area (Å²) in [6.45, 7) is 2.13. The highest BCUT2D eigenvalue weighted by Gasteiger charge is 2.11. The van der Waals surface area contributed by atoms with Gasteiger partial charge in [-0.3, -0.25) is 0 Å². The van der Waals surface area contributed by atoms with Crippen molar-refractivity contribution in [3.63, 3.8) is 0 Å². The van der Waals surface area contributed by atoms with Crippen molar-refractivity contribution in [3.8, 4) is 16.9 Å². The van der Waals surface area contributed by atoms with Gasteiger partial charge in [0, 0.05) is 35.3 Å². The van der Waals surface area contributed by atoms with Crippen LogP contribution in [-0.2, 0) is 6.61 Å². The number of ether oxygens (including phenoxy) is 1. The number of hydrogen-bond donors (Lipinski definition) is 1. The second-order valence-corrected chi connectivity index (χ2v) is 4.51. The molecule has 0 amide bonds. The first-order valence-electron chi connectivity index (χ1n) is 6.41. The Hall–Kier alpha value is -2.76. The fourth-order valence-corrected chi connectivity index (χ4v) is 2.01. The Morgan fingerprint density at radius 2 is 2.14 bits per heavy atom. The maximum absolute atomic E-state index is 13.5. The zero-order valence-corrected chi connectivity index (χ0v) is 11.4. The Morgan fingerprint density at radius 3 is 2.90 bits per heavy atom. The van der Waals surface area contributed by atoms with Crippen LogP contribution < -0.4 is 4.74 Å². The van der Waals surface area contributed by atoms with E-state index in [1.807, 2.05) is 6.92 Å². The number of aryl methyl sites for hydroxylation is 1. The molecule has 2 aromatic heterocycles. The molecule has 0 fully saturated rings. The Bertz CT molecular complexity index is 743. The van der Waals surface area contributed by atoms with Crippen molar-refractivity contribution in [3.05, 3.63) is 60.5 Å². The predicted molar refractivity (Wildman–Crippen MR) is 75.1 cm³/mol. The average molecular weight is 284 g/mol. The summed E-state index contributed by atoms with van der Waals surface area (Å²) < 4.78 is 19.2. The molecule has 3 rings (SSSR count). The van der Waals surface area contributed by atoms with Crippen LogP contribution in [-0.4, -0.2) is 19.9 Å². The fourth-order valence-electron chi connectivity index (χ4n) is 2.01. The predicted octanol–water partition coefficient (Wildman–Crippen LogP) is 2.89. The van der Waals surface area contributed by atoms with E-state index in [0.717, 1.165) is 22.5 Å². The van der Waals surface area contributed by atoms with E-state index in [1.165, 1.54) is 18.5 Å².